The Bertz CT molecular complexity index is 1080. The molecule has 0 spiro atoms. The van der Waals surface area contributed by atoms with Crippen LogP contribution in [0, 0.1) is 0 Å². The molecule has 0 atom stereocenters. The largest absolute Gasteiger partial charge is 0.495 e. The van der Waals surface area contributed by atoms with Gasteiger partial charge in [-0.1, -0.05) is 24.3 Å². The highest BCUT2D eigenvalue weighted by Crippen LogP contribution is 2.28. The minimum absolute atomic E-state index is 0.0214. The van der Waals surface area contributed by atoms with Gasteiger partial charge >= 0.3 is 0 Å². The van der Waals surface area contributed by atoms with Crippen molar-refractivity contribution in [2.24, 2.45) is 4.99 Å². The van der Waals surface area contributed by atoms with Gasteiger partial charge in [0.05, 0.1) is 24.2 Å². The number of amides is 1. The van der Waals surface area contributed by atoms with E-state index < -0.39 is 10.0 Å². The predicted octanol–water partition coefficient (Wildman–Crippen LogP) is 1.47. The summed E-state index contributed by atoms with van der Waals surface area (Å²) < 4.78 is 32.1. The lowest BCUT2D eigenvalue weighted by molar-refractivity contribution is -0.131. The van der Waals surface area contributed by atoms with E-state index in [4.69, 9.17) is 4.74 Å². The number of benzene rings is 2. The van der Waals surface area contributed by atoms with Gasteiger partial charge in [-0.05, 0) is 24.3 Å². The number of amidine groups is 1. The van der Waals surface area contributed by atoms with Crippen molar-refractivity contribution in [1.82, 2.24) is 9.62 Å². The van der Waals surface area contributed by atoms with Crippen LogP contribution < -0.4 is 14.4 Å². The molecule has 0 radical (unpaired) electrons. The molecule has 8 nitrogen and oxygen atoms in total. The smallest absolute Gasteiger partial charge is 0.263 e. The van der Waals surface area contributed by atoms with Crippen molar-refractivity contribution < 1.29 is 17.9 Å². The summed E-state index contributed by atoms with van der Waals surface area (Å²) in [5, 5.41) is 0. The number of nitrogens with zero attached hydrogens (tertiary/aromatic N) is 3. The standard InChI is InChI=1S/C21H24N4O4S/c1-29-18-8-4-3-7-17(18)24-12-14-25(15-13-24)20(26)10-11-22-21-16-6-2-5-9-19(16)30(27,28)23-21/h2-9H,10-15H2,1H3,(H,22,23). The number of anilines is 1. The fourth-order valence-electron chi connectivity index (χ4n) is 3.76. The Kier molecular flexibility index (Phi) is 5.63. The number of sulfonamides is 1. The Hall–Kier alpha value is -3.07. The summed E-state index contributed by atoms with van der Waals surface area (Å²) in [6.45, 7) is 2.95. The highest BCUT2D eigenvalue weighted by atomic mass is 32.2. The first-order valence-electron chi connectivity index (χ1n) is 9.82. The molecule has 2 aromatic carbocycles. The molecular weight excluding hydrogens is 404 g/mol. The third-order valence-electron chi connectivity index (χ3n) is 5.32. The van der Waals surface area contributed by atoms with Crippen molar-refractivity contribution >= 4 is 27.5 Å². The van der Waals surface area contributed by atoms with Gasteiger partial charge in [0, 0.05) is 38.2 Å². The number of rotatable bonds is 5. The Morgan fingerprint density at radius 1 is 1.07 bits per heavy atom. The normalized spacial score (nSPS) is 18.8. The molecule has 4 rings (SSSR count). The zero-order valence-corrected chi connectivity index (χ0v) is 17.6. The summed E-state index contributed by atoms with van der Waals surface area (Å²) in [4.78, 5) is 21.2. The number of methoxy groups -OCH3 is 1. The van der Waals surface area contributed by atoms with E-state index in [0.29, 0.717) is 24.5 Å². The summed E-state index contributed by atoms with van der Waals surface area (Å²) in [6, 6.07) is 14.6. The minimum atomic E-state index is -3.56. The quantitative estimate of drug-likeness (QED) is 0.779. The number of hydrogen-bond acceptors (Lipinski definition) is 6. The fourth-order valence-corrected chi connectivity index (χ4v) is 5.01. The molecule has 158 valence electrons. The SMILES string of the molecule is COc1ccccc1N1CCN(C(=O)CCN=C2NS(=O)(=O)c3ccccc32)CC1. The predicted molar refractivity (Wildman–Crippen MR) is 115 cm³/mol. The molecule has 9 heteroatoms. The van der Waals surface area contributed by atoms with Crippen molar-refractivity contribution in [2.45, 2.75) is 11.3 Å². The molecule has 1 N–H and O–H groups in total. The van der Waals surface area contributed by atoms with Crippen LogP contribution in [0.25, 0.3) is 0 Å². The number of aliphatic imine (C=N–C) groups is 1. The topological polar surface area (TPSA) is 91.3 Å². The van der Waals surface area contributed by atoms with Crippen LogP contribution in [-0.4, -0.2) is 64.9 Å². The molecule has 2 aliphatic heterocycles. The first-order chi connectivity index (χ1) is 14.5. The monoisotopic (exact) mass is 428 g/mol. The highest BCUT2D eigenvalue weighted by molar-refractivity contribution is 7.90. The summed E-state index contributed by atoms with van der Waals surface area (Å²) >= 11 is 0. The maximum atomic E-state index is 12.6. The maximum Gasteiger partial charge on any atom is 0.263 e. The van der Waals surface area contributed by atoms with E-state index in [-0.39, 0.29) is 23.8 Å². The zero-order chi connectivity index (χ0) is 21.1. The van der Waals surface area contributed by atoms with Gasteiger partial charge in [-0.25, -0.2) is 8.42 Å². The second kappa shape index (κ2) is 8.35. The Morgan fingerprint density at radius 3 is 2.53 bits per heavy atom. The molecule has 1 saturated heterocycles. The van der Waals surface area contributed by atoms with Crippen LogP contribution in [0.15, 0.2) is 58.4 Å². The molecule has 2 aromatic rings. The Labute approximate surface area is 176 Å². The van der Waals surface area contributed by atoms with Crippen molar-refractivity contribution in [2.75, 3.05) is 44.7 Å². The Balaban J connectivity index is 1.33. The van der Waals surface area contributed by atoms with E-state index in [9.17, 15) is 13.2 Å². The number of ether oxygens (including phenoxy) is 1. The Morgan fingerprint density at radius 2 is 1.77 bits per heavy atom. The van der Waals surface area contributed by atoms with Crippen molar-refractivity contribution in [1.29, 1.82) is 0 Å². The molecule has 2 heterocycles. The van der Waals surface area contributed by atoms with Gasteiger partial charge in [-0.2, -0.15) is 0 Å². The van der Waals surface area contributed by atoms with E-state index in [1.54, 1.807) is 31.4 Å². The van der Waals surface area contributed by atoms with Gasteiger partial charge in [0.25, 0.3) is 10.0 Å². The molecular formula is C21H24N4O4S. The number of fused-ring (bicyclic) bond motifs is 1. The van der Waals surface area contributed by atoms with Gasteiger partial charge in [-0.15, -0.1) is 0 Å². The van der Waals surface area contributed by atoms with Crippen LogP contribution in [0.1, 0.15) is 12.0 Å². The second-order valence-electron chi connectivity index (χ2n) is 7.12. The van der Waals surface area contributed by atoms with Gasteiger partial charge < -0.3 is 14.5 Å². The summed E-state index contributed by atoms with van der Waals surface area (Å²) in [5.41, 5.74) is 1.58. The number of hydrogen-bond donors (Lipinski definition) is 1. The first-order valence-corrected chi connectivity index (χ1v) is 11.3. The fraction of sp³-hybridized carbons (Fsp3) is 0.333. The van der Waals surface area contributed by atoms with Crippen LogP contribution >= 0.6 is 0 Å². The summed E-state index contributed by atoms with van der Waals surface area (Å²) in [5.74, 6) is 1.15. The van der Waals surface area contributed by atoms with Crippen molar-refractivity contribution in [3.05, 3.63) is 54.1 Å². The van der Waals surface area contributed by atoms with Crippen molar-refractivity contribution in [3.63, 3.8) is 0 Å². The lowest BCUT2D eigenvalue weighted by Gasteiger charge is -2.36. The first kappa shape index (κ1) is 20.2. The third-order valence-corrected chi connectivity index (χ3v) is 6.71. The second-order valence-corrected chi connectivity index (χ2v) is 8.77. The van der Waals surface area contributed by atoms with E-state index in [1.165, 1.54) is 0 Å². The van der Waals surface area contributed by atoms with Crippen LogP contribution in [0.3, 0.4) is 0 Å². The molecule has 30 heavy (non-hydrogen) atoms. The molecule has 1 amide bonds. The molecule has 0 saturated carbocycles. The highest BCUT2D eigenvalue weighted by Gasteiger charge is 2.30. The number of para-hydroxylation sites is 2. The molecule has 2 aliphatic rings. The van der Waals surface area contributed by atoms with Crippen LogP contribution in [0.4, 0.5) is 5.69 Å². The van der Waals surface area contributed by atoms with Crippen LogP contribution in [0.5, 0.6) is 5.75 Å². The molecule has 0 aromatic heterocycles. The minimum Gasteiger partial charge on any atom is -0.495 e. The van der Waals surface area contributed by atoms with E-state index in [0.717, 1.165) is 24.5 Å². The number of piperazine rings is 1. The third kappa shape index (κ3) is 3.97. The van der Waals surface area contributed by atoms with Gasteiger partial charge in [0.2, 0.25) is 5.91 Å². The van der Waals surface area contributed by atoms with Crippen molar-refractivity contribution in [3.8, 4) is 5.75 Å². The molecule has 0 aliphatic carbocycles. The van der Waals surface area contributed by atoms with E-state index in [2.05, 4.69) is 14.6 Å². The number of carbonyl (C=O) groups is 1. The molecule has 0 bridgehead atoms. The van der Waals surface area contributed by atoms with E-state index >= 15 is 0 Å². The van der Waals surface area contributed by atoms with Gasteiger partial charge in [-0.3, -0.25) is 14.5 Å². The number of nitrogens with one attached hydrogen (secondary N) is 1. The maximum absolute atomic E-state index is 12.6. The van der Waals surface area contributed by atoms with Gasteiger partial charge in [0.1, 0.15) is 11.6 Å². The lowest BCUT2D eigenvalue weighted by Crippen LogP contribution is -2.49. The zero-order valence-electron chi connectivity index (χ0n) is 16.7. The molecule has 0 unspecified atom stereocenters. The number of carbonyl (C=O) groups excluding carboxylic acids is 1. The summed E-state index contributed by atoms with van der Waals surface area (Å²) in [7, 11) is -1.90. The average molecular weight is 429 g/mol. The van der Waals surface area contributed by atoms with Gasteiger partial charge in [0.15, 0.2) is 0 Å². The van der Waals surface area contributed by atoms with Crippen LogP contribution in [-0.2, 0) is 14.8 Å². The van der Waals surface area contributed by atoms with Crippen LogP contribution in [0.2, 0.25) is 0 Å². The lowest BCUT2D eigenvalue weighted by atomic mass is 10.2. The average Bonchev–Trinajstić information content (AvgIpc) is 3.04. The summed E-state index contributed by atoms with van der Waals surface area (Å²) in [6.07, 6.45) is 0.238. The molecule has 1 fully saturated rings. The van der Waals surface area contributed by atoms with E-state index in [1.807, 2.05) is 29.2 Å².